The van der Waals surface area contributed by atoms with Crippen molar-refractivity contribution in [1.29, 1.82) is 0 Å². The largest absolute Gasteiger partial charge is 0.392 e. The van der Waals surface area contributed by atoms with E-state index in [1.807, 2.05) is 0 Å². The Morgan fingerprint density at radius 2 is 2.16 bits per heavy atom. The Bertz CT molecular complexity index is 632. The van der Waals surface area contributed by atoms with Crippen molar-refractivity contribution in [3.8, 4) is 0 Å². The molecule has 2 aromatic heterocycles. The van der Waals surface area contributed by atoms with Crippen molar-refractivity contribution in [1.82, 2.24) is 24.3 Å². The molecule has 0 saturated carbocycles. The van der Waals surface area contributed by atoms with Crippen LogP contribution >= 0.6 is 11.6 Å². The van der Waals surface area contributed by atoms with Crippen LogP contribution in [-0.4, -0.2) is 24.3 Å². The first kappa shape index (κ1) is 13.5. The smallest absolute Gasteiger partial charge is 0.278 e. The van der Waals surface area contributed by atoms with E-state index in [4.69, 9.17) is 17.3 Å². The minimum atomic E-state index is -0.376. The van der Waals surface area contributed by atoms with E-state index < -0.39 is 0 Å². The van der Waals surface area contributed by atoms with Gasteiger partial charge in [0, 0.05) is 6.54 Å². The second-order valence-electron chi connectivity index (χ2n) is 4.63. The summed E-state index contributed by atoms with van der Waals surface area (Å²) in [6, 6.07) is 0. The second kappa shape index (κ2) is 5.40. The van der Waals surface area contributed by atoms with Gasteiger partial charge in [-0.15, -0.1) is 0 Å². The fourth-order valence-corrected chi connectivity index (χ4v) is 1.78. The lowest BCUT2D eigenvalue weighted by molar-refractivity contribution is 0.459. The molecule has 2 N–H and O–H groups in total. The van der Waals surface area contributed by atoms with E-state index in [0.717, 1.165) is 6.54 Å². The fraction of sp³-hybridized carbons (Fsp3) is 0.455. The fourth-order valence-electron chi connectivity index (χ4n) is 1.66. The van der Waals surface area contributed by atoms with Crippen LogP contribution in [0.5, 0.6) is 0 Å². The molecule has 102 valence electrons. The molecule has 2 heterocycles. The number of nitrogen functional groups attached to an aromatic ring is 1. The Morgan fingerprint density at radius 3 is 2.84 bits per heavy atom. The van der Waals surface area contributed by atoms with E-state index >= 15 is 0 Å². The monoisotopic (exact) mass is 282 g/mol. The average Bonchev–Trinajstić information content (AvgIpc) is 2.77. The molecular weight excluding hydrogens is 268 g/mol. The topological polar surface area (TPSA) is 91.6 Å². The van der Waals surface area contributed by atoms with E-state index in [0.29, 0.717) is 11.7 Å². The van der Waals surface area contributed by atoms with Gasteiger partial charge in [-0.1, -0.05) is 25.4 Å². The van der Waals surface area contributed by atoms with Crippen LogP contribution in [0.3, 0.4) is 0 Å². The lowest BCUT2D eigenvalue weighted by Crippen LogP contribution is -2.26. The van der Waals surface area contributed by atoms with Gasteiger partial charge in [0.25, 0.3) is 5.56 Å². The third-order valence-electron chi connectivity index (χ3n) is 2.57. The zero-order valence-corrected chi connectivity index (χ0v) is 11.5. The van der Waals surface area contributed by atoms with Crippen molar-refractivity contribution in [3.63, 3.8) is 0 Å². The van der Waals surface area contributed by atoms with Gasteiger partial charge in [0.1, 0.15) is 17.8 Å². The first-order valence-corrected chi connectivity index (χ1v) is 6.24. The van der Waals surface area contributed by atoms with Crippen LogP contribution in [0.2, 0.25) is 5.15 Å². The number of anilines is 1. The number of nitrogens with two attached hydrogens (primary N) is 1. The highest BCUT2D eigenvalue weighted by Crippen LogP contribution is 2.09. The number of aromatic nitrogens is 5. The summed E-state index contributed by atoms with van der Waals surface area (Å²) in [6.07, 6.45) is 2.82. The summed E-state index contributed by atoms with van der Waals surface area (Å²) in [4.78, 5) is 19.9. The number of halogens is 1. The Labute approximate surface area is 115 Å². The Balaban J connectivity index is 2.30. The summed E-state index contributed by atoms with van der Waals surface area (Å²) in [5, 5.41) is 4.15. The molecule has 2 rings (SSSR count). The van der Waals surface area contributed by atoms with Crippen LogP contribution in [-0.2, 0) is 13.1 Å². The van der Waals surface area contributed by atoms with Crippen LogP contribution in [0.4, 0.5) is 5.69 Å². The van der Waals surface area contributed by atoms with Crippen molar-refractivity contribution in [2.24, 2.45) is 5.92 Å². The lowest BCUT2D eigenvalue weighted by Gasteiger charge is -2.10. The first-order valence-electron chi connectivity index (χ1n) is 5.86. The third-order valence-corrected chi connectivity index (χ3v) is 2.87. The highest BCUT2D eigenvalue weighted by Gasteiger charge is 2.11. The molecule has 0 atom stereocenters. The number of hydrogen-bond donors (Lipinski definition) is 1. The third kappa shape index (κ3) is 2.93. The Morgan fingerprint density at radius 1 is 1.42 bits per heavy atom. The SMILES string of the molecule is CC(C)Cn1ncnc1Cn1cnc(Cl)c(N)c1=O. The predicted octanol–water partition coefficient (Wildman–Crippen LogP) is 0.775. The van der Waals surface area contributed by atoms with Gasteiger partial charge in [-0.2, -0.15) is 5.10 Å². The average molecular weight is 283 g/mol. The molecule has 0 bridgehead atoms. The van der Waals surface area contributed by atoms with Crippen molar-refractivity contribution in [3.05, 3.63) is 34.0 Å². The zero-order valence-electron chi connectivity index (χ0n) is 10.7. The minimum absolute atomic E-state index is 0.0184. The highest BCUT2D eigenvalue weighted by molar-refractivity contribution is 6.31. The van der Waals surface area contributed by atoms with Gasteiger partial charge >= 0.3 is 0 Å². The molecule has 19 heavy (non-hydrogen) atoms. The summed E-state index contributed by atoms with van der Waals surface area (Å²) in [5.41, 5.74) is 5.13. The minimum Gasteiger partial charge on any atom is -0.392 e. The van der Waals surface area contributed by atoms with Gasteiger partial charge in [0.15, 0.2) is 5.15 Å². The molecule has 0 aromatic carbocycles. The van der Waals surface area contributed by atoms with Crippen LogP contribution in [0.15, 0.2) is 17.4 Å². The molecule has 0 fully saturated rings. The molecular formula is C11H15ClN6O. The summed E-state index contributed by atoms with van der Waals surface area (Å²) in [5.74, 6) is 1.12. The molecule has 7 nitrogen and oxygen atoms in total. The number of rotatable bonds is 4. The molecule has 0 aliphatic carbocycles. The quantitative estimate of drug-likeness (QED) is 0.837. The van der Waals surface area contributed by atoms with E-state index in [1.54, 1.807) is 4.68 Å². The van der Waals surface area contributed by atoms with Crippen LogP contribution in [0, 0.1) is 5.92 Å². The number of nitrogens with zero attached hydrogens (tertiary/aromatic N) is 5. The van der Waals surface area contributed by atoms with Crippen molar-refractivity contribution >= 4 is 17.3 Å². The van der Waals surface area contributed by atoms with Crippen LogP contribution in [0.25, 0.3) is 0 Å². The molecule has 0 radical (unpaired) electrons. The van der Waals surface area contributed by atoms with Crippen molar-refractivity contribution in [2.75, 3.05) is 5.73 Å². The molecule has 2 aromatic rings. The standard InChI is InChI=1S/C11H15ClN6O/c1-7(2)3-18-8(14-5-16-18)4-17-6-15-10(12)9(13)11(17)19/h5-7H,3-4,13H2,1-2H3. The normalized spacial score (nSPS) is 11.2. The molecule has 0 amide bonds. The van der Waals surface area contributed by atoms with Gasteiger partial charge in [-0.25, -0.2) is 14.6 Å². The number of hydrogen-bond acceptors (Lipinski definition) is 5. The second-order valence-corrected chi connectivity index (χ2v) is 4.99. The summed E-state index contributed by atoms with van der Waals surface area (Å²) < 4.78 is 3.13. The Hall–Kier alpha value is -1.89. The Kier molecular flexibility index (Phi) is 3.84. The first-order chi connectivity index (χ1) is 8.99. The maximum Gasteiger partial charge on any atom is 0.278 e. The van der Waals surface area contributed by atoms with Gasteiger partial charge in [-0.05, 0) is 5.92 Å². The summed E-state index contributed by atoms with van der Waals surface area (Å²) in [7, 11) is 0. The molecule has 0 unspecified atom stereocenters. The van der Waals surface area contributed by atoms with Crippen LogP contribution < -0.4 is 11.3 Å². The van der Waals surface area contributed by atoms with Crippen LogP contribution in [0.1, 0.15) is 19.7 Å². The van der Waals surface area contributed by atoms with Gasteiger partial charge < -0.3 is 5.73 Å². The maximum atomic E-state index is 11.9. The lowest BCUT2D eigenvalue weighted by atomic mass is 10.2. The van der Waals surface area contributed by atoms with E-state index in [2.05, 4.69) is 28.9 Å². The van der Waals surface area contributed by atoms with Gasteiger partial charge in [0.2, 0.25) is 0 Å². The van der Waals surface area contributed by atoms with E-state index in [-0.39, 0.29) is 22.9 Å². The van der Waals surface area contributed by atoms with Crippen molar-refractivity contribution in [2.45, 2.75) is 26.9 Å². The summed E-state index contributed by atoms with van der Waals surface area (Å²) >= 11 is 5.69. The van der Waals surface area contributed by atoms with E-state index in [9.17, 15) is 4.79 Å². The molecule has 0 saturated heterocycles. The highest BCUT2D eigenvalue weighted by atomic mass is 35.5. The molecule has 0 spiro atoms. The molecule has 0 aliphatic heterocycles. The zero-order chi connectivity index (χ0) is 14.0. The van der Waals surface area contributed by atoms with Gasteiger partial charge in [-0.3, -0.25) is 9.36 Å². The maximum absolute atomic E-state index is 11.9. The van der Waals surface area contributed by atoms with Crippen molar-refractivity contribution < 1.29 is 0 Å². The molecule has 0 aliphatic rings. The molecule has 8 heteroatoms. The van der Waals surface area contributed by atoms with Gasteiger partial charge in [0.05, 0.1) is 12.9 Å². The van der Waals surface area contributed by atoms with E-state index in [1.165, 1.54) is 17.2 Å². The summed E-state index contributed by atoms with van der Waals surface area (Å²) in [6.45, 7) is 5.17. The predicted molar refractivity (Wildman–Crippen MR) is 71.9 cm³/mol.